The van der Waals surface area contributed by atoms with Crippen molar-refractivity contribution in [3.8, 4) is 0 Å². The maximum Gasteiger partial charge on any atom is 0.394 e. The van der Waals surface area contributed by atoms with Gasteiger partial charge in [-0.15, -0.1) is 0 Å². The van der Waals surface area contributed by atoms with Gasteiger partial charge in [0.2, 0.25) is 0 Å². The molecular formula is C3H9NO6S. The van der Waals surface area contributed by atoms with Crippen LogP contribution in [0.5, 0.6) is 0 Å². The summed E-state index contributed by atoms with van der Waals surface area (Å²) in [6.45, 7) is 0.231. The lowest BCUT2D eigenvalue weighted by Crippen LogP contribution is -2.05. The van der Waals surface area contributed by atoms with Gasteiger partial charge in [-0.2, -0.15) is 8.42 Å². The van der Waals surface area contributed by atoms with Gasteiger partial charge in [0.1, 0.15) is 0 Å². The van der Waals surface area contributed by atoms with E-state index in [4.69, 9.17) is 28.4 Å². The van der Waals surface area contributed by atoms with Crippen molar-refractivity contribution in [3.63, 3.8) is 0 Å². The summed E-state index contributed by atoms with van der Waals surface area (Å²) in [5, 5.41) is 7.83. The van der Waals surface area contributed by atoms with E-state index in [1.807, 2.05) is 0 Å². The maximum absolute atomic E-state index is 9.52. The average molecular weight is 187 g/mol. The Hall–Kier alpha value is -0.700. The molecule has 11 heavy (non-hydrogen) atoms. The molecule has 0 heterocycles. The fourth-order valence-corrected chi connectivity index (χ4v) is 0.123. The van der Waals surface area contributed by atoms with E-state index in [0.29, 0.717) is 0 Å². The standard InChI is InChI=1S/C3H7NO2.H2O4S/c4-2-1-3(5)6;1-5(2,3)4/h1-2,4H2,(H,5,6);(H2,1,2,3,4). The van der Waals surface area contributed by atoms with Crippen molar-refractivity contribution in [2.75, 3.05) is 6.54 Å². The zero-order valence-electron chi connectivity index (χ0n) is 5.47. The van der Waals surface area contributed by atoms with Gasteiger partial charge in [0.25, 0.3) is 0 Å². The van der Waals surface area contributed by atoms with E-state index in [0.717, 1.165) is 0 Å². The first-order valence-electron chi connectivity index (χ1n) is 2.39. The number of nitrogens with two attached hydrogens (primary N) is 1. The molecule has 0 atom stereocenters. The number of hydrogen-bond acceptors (Lipinski definition) is 4. The maximum atomic E-state index is 9.52. The number of carboxylic acids is 1. The molecule has 0 aliphatic carbocycles. The molecule has 0 saturated carbocycles. The molecule has 0 aromatic heterocycles. The third-order valence-electron chi connectivity index (χ3n) is 0.358. The van der Waals surface area contributed by atoms with Crippen LogP contribution in [0.1, 0.15) is 6.42 Å². The summed E-state index contributed by atoms with van der Waals surface area (Å²) in [5.74, 6) is -0.836. The molecule has 8 heteroatoms. The molecule has 68 valence electrons. The van der Waals surface area contributed by atoms with Crippen LogP contribution in [0.3, 0.4) is 0 Å². The first-order valence-corrected chi connectivity index (χ1v) is 3.78. The van der Waals surface area contributed by atoms with Gasteiger partial charge in [-0.1, -0.05) is 0 Å². The molecule has 0 unspecified atom stereocenters. The van der Waals surface area contributed by atoms with Crippen LogP contribution in [0.15, 0.2) is 0 Å². The largest absolute Gasteiger partial charge is 0.481 e. The lowest BCUT2D eigenvalue weighted by molar-refractivity contribution is -0.136. The average Bonchev–Trinajstić information content (AvgIpc) is 1.58. The molecule has 5 N–H and O–H groups in total. The summed E-state index contributed by atoms with van der Waals surface area (Å²) < 4.78 is 31.6. The molecule has 0 aliphatic rings. The van der Waals surface area contributed by atoms with E-state index in [9.17, 15) is 4.79 Å². The van der Waals surface area contributed by atoms with E-state index in [2.05, 4.69) is 0 Å². The molecule has 0 fully saturated rings. The van der Waals surface area contributed by atoms with Crippen molar-refractivity contribution in [2.24, 2.45) is 5.73 Å². The van der Waals surface area contributed by atoms with Crippen molar-refractivity contribution < 1.29 is 27.4 Å². The fraction of sp³-hybridized carbons (Fsp3) is 0.667. The van der Waals surface area contributed by atoms with Gasteiger partial charge in [-0.05, 0) is 0 Å². The number of aliphatic carboxylic acids is 1. The summed E-state index contributed by atoms with van der Waals surface area (Å²) in [5.41, 5.74) is 4.85. The van der Waals surface area contributed by atoms with Crippen molar-refractivity contribution >= 4 is 16.4 Å². The molecule has 0 spiro atoms. The summed E-state index contributed by atoms with van der Waals surface area (Å²) >= 11 is 0. The van der Waals surface area contributed by atoms with Gasteiger partial charge >= 0.3 is 16.4 Å². The van der Waals surface area contributed by atoms with Crippen LogP contribution in [0, 0.1) is 0 Å². The molecule has 0 aromatic rings. The van der Waals surface area contributed by atoms with Crippen LogP contribution in [0.2, 0.25) is 0 Å². The molecule has 0 saturated heterocycles. The Morgan fingerprint density at radius 3 is 1.64 bits per heavy atom. The summed E-state index contributed by atoms with van der Waals surface area (Å²) in [6, 6.07) is 0. The second-order valence-corrected chi connectivity index (χ2v) is 2.28. The van der Waals surface area contributed by atoms with Crippen LogP contribution in [0.4, 0.5) is 0 Å². The monoisotopic (exact) mass is 187 g/mol. The Kier molecular flexibility index (Phi) is 7.10. The summed E-state index contributed by atoms with van der Waals surface area (Å²) in [4.78, 5) is 9.52. The Bertz CT molecular complexity index is 188. The molecule has 0 amide bonds. The van der Waals surface area contributed by atoms with Gasteiger partial charge in [-0.25, -0.2) is 0 Å². The van der Waals surface area contributed by atoms with Gasteiger partial charge in [-0.3, -0.25) is 13.9 Å². The highest BCUT2D eigenvalue weighted by molar-refractivity contribution is 7.79. The number of rotatable bonds is 2. The number of carbonyl (C=O) groups is 1. The highest BCUT2D eigenvalue weighted by atomic mass is 32.3. The van der Waals surface area contributed by atoms with Crippen LogP contribution < -0.4 is 5.73 Å². The van der Waals surface area contributed by atoms with E-state index in [1.54, 1.807) is 0 Å². The van der Waals surface area contributed by atoms with E-state index in [-0.39, 0.29) is 13.0 Å². The van der Waals surface area contributed by atoms with Crippen LogP contribution in [0.25, 0.3) is 0 Å². The van der Waals surface area contributed by atoms with Gasteiger partial charge < -0.3 is 10.8 Å². The molecule has 0 radical (unpaired) electrons. The lowest BCUT2D eigenvalue weighted by atomic mass is 10.5. The number of hydrogen-bond donors (Lipinski definition) is 4. The predicted octanol–water partition coefficient (Wildman–Crippen LogP) is -1.23. The zero-order chi connectivity index (χ0) is 9.49. The third-order valence-corrected chi connectivity index (χ3v) is 0.358. The van der Waals surface area contributed by atoms with E-state index >= 15 is 0 Å². The minimum absolute atomic E-state index is 0.0694. The molecule has 0 bridgehead atoms. The number of carboxylic acid groups (broad SMARTS) is 1. The summed E-state index contributed by atoms with van der Waals surface area (Å²) in [7, 11) is -4.67. The van der Waals surface area contributed by atoms with Crippen molar-refractivity contribution in [1.82, 2.24) is 0 Å². The highest BCUT2D eigenvalue weighted by Gasteiger charge is 1.87. The quantitative estimate of drug-likeness (QED) is 0.397. The van der Waals surface area contributed by atoms with Crippen molar-refractivity contribution in [2.45, 2.75) is 6.42 Å². The zero-order valence-corrected chi connectivity index (χ0v) is 6.28. The van der Waals surface area contributed by atoms with Crippen molar-refractivity contribution in [1.29, 1.82) is 0 Å². The topological polar surface area (TPSA) is 138 Å². The minimum atomic E-state index is -4.67. The van der Waals surface area contributed by atoms with Gasteiger partial charge in [0, 0.05) is 6.54 Å². The van der Waals surface area contributed by atoms with Crippen LogP contribution in [-0.4, -0.2) is 35.1 Å². The minimum Gasteiger partial charge on any atom is -0.481 e. The molecular weight excluding hydrogens is 178 g/mol. The Morgan fingerprint density at radius 2 is 1.64 bits per heavy atom. The third kappa shape index (κ3) is 93.7. The predicted molar refractivity (Wildman–Crippen MR) is 35.5 cm³/mol. The molecule has 7 nitrogen and oxygen atoms in total. The first-order chi connectivity index (χ1) is 4.77. The van der Waals surface area contributed by atoms with Crippen LogP contribution in [-0.2, 0) is 15.2 Å². The second-order valence-electron chi connectivity index (χ2n) is 1.38. The Balaban J connectivity index is 0. The SMILES string of the molecule is NCCC(=O)O.O=S(=O)(O)O. The smallest absolute Gasteiger partial charge is 0.394 e. The molecule has 0 rings (SSSR count). The van der Waals surface area contributed by atoms with Gasteiger partial charge in [0.15, 0.2) is 0 Å². The lowest BCUT2D eigenvalue weighted by Gasteiger charge is -1.80. The molecule has 0 aliphatic heterocycles. The first kappa shape index (κ1) is 12.9. The Morgan fingerprint density at radius 1 is 1.36 bits per heavy atom. The Labute approximate surface area is 63.4 Å². The van der Waals surface area contributed by atoms with Gasteiger partial charge in [0.05, 0.1) is 6.42 Å². The fourth-order valence-electron chi connectivity index (χ4n) is 0.123. The van der Waals surface area contributed by atoms with Crippen molar-refractivity contribution in [3.05, 3.63) is 0 Å². The molecule has 0 aromatic carbocycles. The summed E-state index contributed by atoms with van der Waals surface area (Å²) in [6.07, 6.45) is 0.0694. The highest BCUT2D eigenvalue weighted by Crippen LogP contribution is 1.67. The van der Waals surface area contributed by atoms with E-state index in [1.165, 1.54) is 0 Å². The van der Waals surface area contributed by atoms with Crippen LogP contribution >= 0.6 is 0 Å². The second kappa shape index (κ2) is 6.04. The van der Waals surface area contributed by atoms with E-state index < -0.39 is 16.4 Å². The normalized spacial score (nSPS) is 9.73.